The van der Waals surface area contributed by atoms with Gasteiger partial charge in [0.25, 0.3) is 0 Å². The van der Waals surface area contributed by atoms with E-state index >= 15 is 0 Å². The molecule has 0 amide bonds. The van der Waals surface area contributed by atoms with Crippen LogP contribution in [0.15, 0.2) is 23.1 Å². The van der Waals surface area contributed by atoms with Crippen molar-refractivity contribution >= 4 is 15.8 Å². The first kappa shape index (κ1) is 14.1. The molecule has 0 unspecified atom stereocenters. The van der Waals surface area contributed by atoms with E-state index in [2.05, 4.69) is 0 Å². The topological polar surface area (TPSA) is 71.4 Å². The lowest BCUT2D eigenvalue weighted by atomic mass is 9.75. The van der Waals surface area contributed by atoms with Gasteiger partial charge in [-0.1, -0.05) is 13.0 Å². The van der Waals surface area contributed by atoms with Gasteiger partial charge in [-0.25, -0.2) is 8.42 Å². The average Bonchev–Trinajstić information content (AvgIpc) is 2.27. The van der Waals surface area contributed by atoms with Gasteiger partial charge in [-0.2, -0.15) is 0 Å². The Balaban J connectivity index is 2.53. The van der Waals surface area contributed by atoms with Crippen LogP contribution in [-0.4, -0.2) is 24.2 Å². The lowest BCUT2D eigenvalue weighted by Gasteiger charge is -2.41. The summed E-state index contributed by atoms with van der Waals surface area (Å²) in [6.07, 6.45) is 0.384. The van der Waals surface area contributed by atoms with E-state index in [1.54, 1.807) is 12.1 Å². The second-order valence-corrected chi connectivity index (χ2v) is 7.82. The molecule has 19 heavy (non-hydrogen) atoms. The lowest BCUT2D eigenvalue weighted by Crippen LogP contribution is -2.55. The zero-order chi connectivity index (χ0) is 14.4. The third-order valence-electron chi connectivity index (χ3n) is 4.05. The van der Waals surface area contributed by atoms with Crippen LogP contribution in [0.3, 0.4) is 0 Å². The van der Waals surface area contributed by atoms with Crippen LogP contribution in [0.5, 0.6) is 0 Å². The second-order valence-electron chi connectivity index (χ2n) is 5.56. The molecule has 0 bridgehead atoms. The maximum Gasteiger partial charge on any atom is 0.325 e. The zero-order valence-electron chi connectivity index (χ0n) is 11.3. The Bertz CT molecular complexity index is 625. The van der Waals surface area contributed by atoms with Crippen LogP contribution in [-0.2, 0) is 14.6 Å². The SMILES string of the molecule is Cc1ccc(S(=O)(=O)C2(C(=O)O)CC(C)C2)cc1C. The molecule has 1 aliphatic carbocycles. The molecule has 0 radical (unpaired) electrons. The predicted octanol–water partition coefficient (Wildman–Crippen LogP) is 2.33. The molecule has 0 aliphatic heterocycles. The molecular weight excluding hydrogens is 264 g/mol. The fraction of sp³-hybridized carbons (Fsp3) is 0.500. The third kappa shape index (κ3) is 1.96. The van der Waals surface area contributed by atoms with Crippen molar-refractivity contribution in [2.45, 2.75) is 43.3 Å². The Morgan fingerprint density at radius 1 is 1.26 bits per heavy atom. The van der Waals surface area contributed by atoms with Gasteiger partial charge in [0.1, 0.15) is 0 Å². The minimum Gasteiger partial charge on any atom is -0.480 e. The van der Waals surface area contributed by atoms with Crippen molar-refractivity contribution in [2.75, 3.05) is 0 Å². The first-order chi connectivity index (χ1) is 8.70. The summed E-state index contributed by atoms with van der Waals surface area (Å²) in [5.41, 5.74) is 1.85. The minimum absolute atomic E-state index is 0.116. The van der Waals surface area contributed by atoms with Crippen LogP contribution in [0.2, 0.25) is 0 Å². The Kier molecular flexibility index (Phi) is 3.21. The Labute approximate surface area is 113 Å². The van der Waals surface area contributed by atoms with Gasteiger partial charge < -0.3 is 5.11 Å². The maximum absolute atomic E-state index is 12.6. The Hall–Kier alpha value is -1.36. The van der Waals surface area contributed by atoms with E-state index in [1.165, 1.54) is 6.07 Å². The van der Waals surface area contributed by atoms with Crippen LogP contribution < -0.4 is 0 Å². The summed E-state index contributed by atoms with van der Waals surface area (Å²) in [5.74, 6) is -1.10. The van der Waals surface area contributed by atoms with E-state index < -0.39 is 20.6 Å². The lowest BCUT2D eigenvalue weighted by molar-refractivity contribution is -0.143. The number of benzene rings is 1. The van der Waals surface area contributed by atoms with Gasteiger partial charge in [-0.15, -0.1) is 0 Å². The van der Waals surface area contributed by atoms with Gasteiger partial charge in [0.2, 0.25) is 0 Å². The number of carboxylic acid groups (broad SMARTS) is 1. The highest BCUT2D eigenvalue weighted by Gasteiger charge is 2.59. The maximum atomic E-state index is 12.6. The van der Waals surface area contributed by atoms with E-state index in [0.29, 0.717) is 0 Å². The summed E-state index contributed by atoms with van der Waals surface area (Å²) >= 11 is 0. The van der Waals surface area contributed by atoms with E-state index in [9.17, 15) is 18.3 Å². The van der Waals surface area contributed by atoms with Crippen LogP contribution in [0.25, 0.3) is 0 Å². The Morgan fingerprint density at radius 2 is 1.84 bits per heavy atom. The molecule has 0 heterocycles. The first-order valence-corrected chi connectivity index (χ1v) is 7.74. The summed E-state index contributed by atoms with van der Waals surface area (Å²) in [5, 5.41) is 9.34. The molecule has 0 spiro atoms. The number of carboxylic acids is 1. The second kappa shape index (κ2) is 4.34. The summed E-state index contributed by atoms with van der Waals surface area (Å²) < 4.78 is 23.6. The van der Waals surface area contributed by atoms with Crippen molar-refractivity contribution in [3.05, 3.63) is 29.3 Å². The normalized spacial score (nSPS) is 26.8. The standard InChI is InChI=1S/C14H18O4S/c1-9-7-14(8-9,13(15)16)19(17,18)12-5-4-10(2)11(3)6-12/h4-6,9H,7-8H2,1-3H3,(H,15,16). The molecule has 0 aromatic heterocycles. The van der Waals surface area contributed by atoms with Crippen molar-refractivity contribution in [3.63, 3.8) is 0 Å². The van der Waals surface area contributed by atoms with E-state index in [1.807, 2.05) is 20.8 Å². The molecule has 1 aromatic carbocycles. The minimum atomic E-state index is -3.83. The fourth-order valence-corrected chi connectivity index (χ4v) is 4.95. The smallest absolute Gasteiger partial charge is 0.325 e. The van der Waals surface area contributed by atoms with Crippen molar-refractivity contribution in [1.82, 2.24) is 0 Å². The molecular formula is C14H18O4S. The number of carbonyl (C=O) groups is 1. The molecule has 1 N–H and O–H groups in total. The number of aliphatic carboxylic acids is 1. The van der Waals surface area contributed by atoms with Gasteiger partial charge in [-0.05, 0) is 55.9 Å². The van der Waals surface area contributed by atoms with Gasteiger partial charge >= 0.3 is 5.97 Å². The third-order valence-corrected chi connectivity index (χ3v) is 6.46. The quantitative estimate of drug-likeness (QED) is 0.923. The van der Waals surface area contributed by atoms with Gasteiger partial charge in [-0.3, -0.25) is 4.79 Å². The molecule has 104 valence electrons. The highest BCUT2D eigenvalue weighted by molar-refractivity contribution is 7.93. The largest absolute Gasteiger partial charge is 0.480 e. The molecule has 1 aromatic rings. The summed E-state index contributed by atoms with van der Waals surface area (Å²) in [6.45, 7) is 5.59. The summed E-state index contributed by atoms with van der Waals surface area (Å²) in [6, 6.07) is 4.80. The van der Waals surface area contributed by atoms with Crippen molar-refractivity contribution in [1.29, 1.82) is 0 Å². The summed E-state index contributed by atoms with van der Waals surface area (Å²) in [4.78, 5) is 11.6. The molecule has 4 nitrogen and oxygen atoms in total. The zero-order valence-corrected chi connectivity index (χ0v) is 12.1. The van der Waals surface area contributed by atoms with Crippen molar-refractivity contribution < 1.29 is 18.3 Å². The summed E-state index contributed by atoms with van der Waals surface area (Å²) in [7, 11) is -3.83. The van der Waals surface area contributed by atoms with Crippen LogP contribution in [0.1, 0.15) is 30.9 Å². The van der Waals surface area contributed by atoms with Gasteiger partial charge in [0.05, 0.1) is 4.90 Å². The van der Waals surface area contributed by atoms with Crippen LogP contribution >= 0.6 is 0 Å². The predicted molar refractivity (Wildman–Crippen MR) is 71.9 cm³/mol. The van der Waals surface area contributed by atoms with E-state index in [4.69, 9.17) is 0 Å². The van der Waals surface area contributed by atoms with Crippen molar-refractivity contribution in [3.8, 4) is 0 Å². The van der Waals surface area contributed by atoms with Gasteiger partial charge in [0.15, 0.2) is 14.6 Å². The van der Waals surface area contributed by atoms with Crippen molar-refractivity contribution in [2.24, 2.45) is 5.92 Å². The highest BCUT2D eigenvalue weighted by atomic mass is 32.2. The Morgan fingerprint density at radius 3 is 2.26 bits per heavy atom. The molecule has 1 fully saturated rings. The van der Waals surface area contributed by atoms with Crippen LogP contribution in [0, 0.1) is 19.8 Å². The molecule has 0 atom stereocenters. The number of aryl methyl sites for hydroxylation is 2. The number of hydrogen-bond donors (Lipinski definition) is 1. The average molecular weight is 282 g/mol. The number of hydrogen-bond acceptors (Lipinski definition) is 3. The molecule has 2 rings (SSSR count). The monoisotopic (exact) mass is 282 g/mol. The molecule has 1 saturated carbocycles. The molecule has 0 saturated heterocycles. The highest BCUT2D eigenvalue weighted by Crippen LogP contribution is 2.46. The van der Waals surface area contributed by atoms with Crippen LogP contribution in [0.4, 0.5) is 0 Å². The van der Waals surface area contributed by atoms with E-state index in [0.717, 1.165) is 11.1 Å². The van der Waals surface area contributed by atoms with E-state index in [-0.39, 0.29) is 23.7 Å². The van der Waals surface area contributed by atoms with Gasteiger partial charge in [0, 0.05) is 0 Å². The number of rotatable bonds is 3. The fourth-order valence-electron chi connectivity index (χ4n) is 2.68. The molecule has 1 aliphatic rings. The number of sulfone groups is 1. The molecule has 5 heteroatoms. The first-order valence-electron chi connectivity index (χ1n) is 6.26.